The molecule has 0 aliphatic carbocycles. The van der Waals surface area contributed by atoms with Crippen LogP contribution in [0.2, 0.25) is 0 Å². The van der Waals surface area contributed by atoms with Crippen molar-refractivity contribution >= 4 is 7.12 Å². The maximum absolute atomic E-state index is 12.4. The van der Waals surface area contributed by atoms with Gasteiger partial charge in [-0.15, -0.1) is 0 Å². The van der Waals surface area contributed by atoms with E-state index in [1.54, 1.807) is 6.20 Å². The predicted molar refractivity (Wildman–Crippen MR) is 74.1 cm³/mol. The molecule has 8 heteroatoms. The monoisotopic (exact) mass is 306 g/mol. The molecule has 120 valence electrons. The summed E-state index contributed by atoms with van der Waals surface area (Å²) in [6.07, 6.45) is -3.38. The third-order valence-corrected chi connectivity index (χ3v) is 4.33. The molecule has 2 aliphatic heterocycles. The zero-order valence-corrected chi connectivity index (χ0v) is 13.0. The van der Waals surface area contributed by atoms with Gasteiger partial charge >= 0.3 is 13.3 Å². The molecule has 0 spiro atoms. The first-order chi connectivity index (χ1) is 9.41. The van der Waals surface area contributed by atoms with Crippen molar-refractivity contribution < 1.29 is 22.5 Å². The van der Waals surface area contributed by atoms with E-state index in [-0.39, 0.29) is 0 Å². The number of hydrazine groups is 1. The Bertz CT molecular complexity index is 422. The predicted octanol–water partition coefficient (Wildman–Crippen LogP) is 2.66. The minimum absolute atomic E-state index is 0.430. The van der Waals surface area contributed by atoms with Crippen molar-refractivity contribution in [1.82, 2.24) is 10.4 Å². The average Bonchev–Trinajstić information content (AvgIpc) is 2.80. The fraction of sp³-hybridized carbons (Fsp3) is 0.846. The summed E-state index contributed by atoms with van der Waals surface area (Å²) >= 11 is 0. The summed E-state index contributed by atoms with van der Waals surface area (Å²) in [6.45, 7) is 9.74. The zero-order chi connectivity index (χ0) is 16.1. The summed E-state index contributed by atoms with van der Waals surface area (Å²) in [5, 5.41) is 1.48. The summed E-state index contributed by atoms with van der Waals surface area (Å²) in [5.74, 6) is 0. The molecule has 21 heavy (non-hydrogen) atoms. The molecule has 0 bridgehead atoms. The first kappa shape index (κ1) is 16.6. The normalized spacial score (nSPS) is 26.2. The average molecular weight is 306 g/mol. The van der Waals surface area contributed by atoms with Crippen LogP contribution in [-0.4, -0.2) is 42.1 Å². The summed E-state index contributed by atoms with van der Waals surface area (Å²) in [5.41, 5.74) is 2.84. The van der Waals surface area contributed by atoms with Crippen molar-refractivity contribution in [2.75, 3.05) is 6.54 Å². The number of nitrogens with zero attached hydrogens (tertiary/aromatic N) is 1. The Balaban J connectivity index is 2.02. The van der Waals surface area contributed by atoms with Gasteiger partial charge in [-0.2, -0.15) is 13.2 Å². The van der Waals surface area contributed by atoms with Crippen LogP contribution in [0.3, 0.4) is 0 Å². The van der Waals surface area contributed by atoms with Crippen LogP contribution in [0.5, 0.6) is 0 Å². The van der Waals surface area contributed by atoms with Crippen LogP contribution < -0.4 is 5.43 Å². The maximum atomic E-state index is 12.4. The summed E-state index contributed by atoms with van der Waals surface area (Å²) in [6, 6.07) is -0.676. The maximum Gasteiger partial charge on any atom is 0.493 e. The highest BCUT2D eigenvalue weighted by Crippen LogP contribution is 2.39. The first-order valence-corrected chi connectivity index (χ1v) is 7.06. The fourth-order valence-electron chi connectivity index (χ4n) is 2.31. The Hall–Kier alpha value is -0.725. The Morgan fingerprint density at radius 1 is 1.29 bits per heavy atom. The Kier molecular flexibility index (Phi) is 4.10. The van der Waals surface area contributed by atoms with E-state index in [1.165, 1.54) is 11.9 Å². The van der Waals surface area contributed by atoms with E-state index >= 15 is 0 Å². The lowest BCUT2D eigenvalue weighted by Crippen LogP contribution is -2.41. The summed E-state index contributed by atoms with van der Waals surface area (Å²) < 4.78 is 49.1. The van der Waals surface area contributed by atoms with Gasteiger partial charge in [-0.3, -0.25) is 0 Å². The lowest BCUT2D eigenvalue weighted by molar-refractivity contribution is -0.145. The number of alkyl halides is 3. The quantitative estimate of drug-likeness (QED) is 0.813. The lowest BCUT2D eigenvalue weighted by atomic mass is 9.79. The Morgan fingerprint density at radius 2 is 1.81 bits per heavy atom. The summed E-state index contributed by atoms with van der Waals surface area (Å²) in [4.78, 5) is 0. The molecule has 0 aromatic rings. The minimum Gasteiger partial charge on any atom is -0.399 e. The highest BCUT2D eigenvalue weighted by molar-refractivity contribution is 6.54. The second kappa shape index (κ2) is 5.17. The van der Waals surface area contributed by atoms with Crippen LogP contribution in [-0.2, 0) is 9.31 Å². The summed E-state index contributed by atoms with van der Waals surface area (Å²) in [7, 11) is -0.523. The van der Waals surface area contributed by atoms with E-state index in [0.717, 1.165) is 5.47 Å². The zero-order valence-electron chi connectivity index (χ0n) is 13.0. The number of rotatable bonds is 3. The molecule has 0 aromatic heterocycles. The van der Waals surface area contributed by atoms with Gasteiger partial charge in [0, 0.05) is 12.7 Å². The smallest absolute Gasteiger partial charge is 0.399 e. The molecule has 4 nitrogen and oxygen atoms in total. The van der Waals surface area contributed by atoms with Gasteiger partial charge in [0.05, 0.1) is 23.7 Å². The Labute approximate surface area is 123 Å². The van der Waals surface area contributed by atoms with Crippen LogP contribution in [0.15, 0.2) is 11.7 Å². The van der Waals surface area contributed by atoms with Crippen molar-refractivity contribution in [1.29, 1.82) is 0 Å². The van der Waals surface area contributed by atoms with Crippen molar-refractivity contribution in [3.63, 3.8) is 0 Å². The van der Waals surface area contributed by atoms with E-state index in [9.17, 15) is 13.2 Å². The van der Waals surface area contributed by atoms with Gasteiger partial charge in [0.1, 0.15) is 0 Å². The second-order valence-electron chi connectivity index (χ2n) is 6.70. The first-order valence-electron chi connectivity index (χ1n) is 7.06. The number of halogens is 3. The van der Waals surface area contributed by atoms with E-state index < -0.39 is 37.0 Å². The molecular formula is C13H22BF3N2O2. The Morgan fingerprint density at radius 3 is 2.29 bits per heavy atom. The second-order valence-corrected chi connectivity index (χ2v) is 6.70. The molecule has 0 saturated carbocycles. The SMILES string of the molecule is CC(CC(F)(F)F)N1C=C(B2OC(C)(C)C(C)(C)O2)CN1. The number of hydrogen-bond acceptors (Lipinski definition) is 4. The topological polar surface area (TPSA) is 33.7 Å². The number of nitrogens with one attached hydrogen (secondary N) is 1. The molecule has 0 aromatic carbocycles. The van der Waals surface area contributed by atoms with E-state index in [4.69, 9.17) is 9.31 Å². The highest BCUT2D eigenvalue weighted by Gasteiger charge is 2.53. The number of hydrogen-bond donors (Lipinski definition) is 1. The van der Waals surface area contributed by atoms with Crippen LogP contribution in [0.4, 0.5) is 13.2 Å². The van der Waals surface area contributed by atoms with E-state index in [0.29, 0.717) is 6.54 Å². The van der Waals surface area contributed by atoms with Gasteiger partial charge in [0.25, 0.3) is 0 Å². The molecule has 0 radical (unpaired) electrons. The van der Waals surface area contributed by atoms with Crippen LogP contribution in [0.1, 0.15) is 41.0 Å². The van der Waals surface area contributed by atoms with E-state index in [2.05, 4.69) is 5.43 Å². The molecule has 0 amide bonds. The molecule has 2 rings (SSSR count). The third kappa shape index (κ3) is 3.55. The van der Waals surface area contributed by atoms with Gasteiger partial charge < -0.3 is 14.3 Å². The molecule has 2 aliphatic rings. The van der Waals surface area contributed by atoms with Gasteiger partial charge in [0.2, 0.25) is 0 Å². The minimum atomic E-state index is -4.18. The molecule has 1 saturated heterocycles. The fourth-order valence-corrected chi connectivity index (χ4v) is 2.31. The van der Waals surface area contributed by atoms with Crippen molar-refractivity contribution in [2.45, 2.75) is 64.5 Å². The lowest BCUT2D eigenvalue weighted by Gasteiger charge is -2.32. The largest absolute Gasteiger partial charge is 0.493 e. The standard InChI is InChI=1S/C13H22BF3N2O2/c1-9(6-13(15,16)17)19-8-10(7-18-19)14-20-11(2,3)12(4,5)21-14/h8-9,18H,6-7H2,1-5H3. The molecule has 1 atom stereocenters. The van der Waals surface area contributed by atoms with Gasteiger partial charge in [-0.1, -0.05) is 0 Å². The van der Waals surface area contributed by atoms with Crippen LogP contribution in [0.25, 0.3) is 0 Å². The van der Waals surface area contributed by atoms with Crippen molar-refractivity contribution in [3.8, 4) is 0 Å². The third-order valence-electron chi connectivity index (χ3n) is 4.33. The van der Waals surface area contributed by atoms with Gasteiger partial charge in [0.15, 0.2) is 0 Å². The molecular weight excluding hydrogens is 284 g/mol. The van der Waals surface area contributed by atoms with Crippen molar-refractivity contribution in [2.24, 2.45) is 0 Å². The van der Waals surface area contributed by atoms with E-state index in [1.807, 2.05) is 27.7 Å². The molecule has 2 heterocycles. The van der Waals surface area contributed by atoms with Crippen LogP contribution >= 0.6 is 0 Å². The van der Waals surface area contributed by atoms with Gasteiger partial charge in [-0.25, -0.2) is 5.43 Å². The van der Waals surface area contributed by atoms with Gasteiger partial charge in [-0.05, 0) is 40.1 Å². The van der Waals surface area contributed by atoms with Crippen LogP contribution in [0, 0.1) is 0 Å². The molecule has 1 unspecified atom stereocenters. The molecule has 1 fully saturated rings. The van der Waals surface area contributed by atoms with Crippen molar-refractivity contribution in [3.05, 3.63) is 11.7 Å². The molecule has 1 N–H and O–H groups in total. The highest BCUT2D eigenvalue weighted by atomic mass is 19.4.